The van der Waals surface area contributed by atoms with Crippen molar-refractivity contribution in [3.63, 3.8) is 0 Å². The summed E-state index contributed by atoms with van der Waals surface area (Å²) >= 11 is 0. The first kappa shape index (κ1) is 13.4. The Hall–Kier alpha value is -0.610. The van der Waals surface area contributed by atoms with E-state index in [1.54, 1.807) is 0 Å². The van der Waals surface area contributed by atoms with Crippen LogP contribution in [0.25, 0.3) is 0 Å². The number of carbonyl (C=O) groups is 1. The number of hydrogen-bond donors (Lipinski definition) is 2. The smallest absolute Gasteiger partial charge is 0.240 e. The molecular weight excluding hydrogens is 178 g/mol. The zero-order valence-electron chi connectivity index (χ0n) is 9.76. The zero-order valence-corrected chi connectivity index (χ0v) is 9.76. The van der Waals surface area contributed by atoms with Gasteiger partial charge in [-0.05, 0) is 26.9 Å². The van der Waals surface area contributed by atoms with Gasteiger partial charge in [0, 0.05) is 13.1 Å². The fraction of sp³-hybridized carbons (Fsp3) is 0.900. The molecule has 0 unspecified atom stereocenters. The molecule has 4 nitrogen and oxygen atoms in total. The summed E-state index contributed by atoms with van der Waals surface area (Å²) in [5.74, 6) is -0.0376. The van der Waals surface area contributed by atoms with Crippen molar-refractivity contribution in [3.8, 4) is 0 Å². The van der Waals surface area contributed by atoms with E-state index in [0.717, 1.165) is 6.54 Å². The van der Waals surface area contributed by atoms with Gasteiger partial charge in [-0.15, -0.1) is 0 Å². The number of hydrogen-bond acceptors (Lipinski definition) is 3. The first-order chi connectivity index (χ1) is 6.46. The summed E-state index contributed by atoms with van der Waals surface area (Å²) in [6.07, 6.45) is 1.36. The summed E-state index contributed by atoms with van der Waals surface area (Å²) in [5, 5.41) is 2.85. The molecule has 0 aliphatic carbocycles. The Morgan fingerprint density at radius 2 is 1.86 bits per heavy atom. The molecule has 0 saturated heterocycles. The van der Waals surface area contributed by atoms with Gasteiger partial charge in [0.05, 0.1) is 5.54 Å². The highest BCUT2D eigenvalue weighted by atomic mass is 16.2. The van der Waals surface area contributed by atoms with Crippen LogP contribution in [0.15, 0.2) is 0 Å². The molecule has 0 aromatic carbocycles. The standard InChI is InChI=1S/C10H23N3O/c1-5-10(11,6-2)9(14)12-7-8-13(3)4/h5-8,11H2,1-4H3,(H,12,14). The largest absolute Gasteiger partial charge is 0.353 e. The Kier molecular flexibility index (Phi) is 5.72. The maximum Gasteiger partial charge on any atom is 0.240 e. The van der Waals surface area contributed by atoms with Gasteiger partial charge in [-0.1, -0.05) is 13.8 Å². The van der Waals surface area contributed by atoms with Gasteiger partial charge in [-0.25, -0.2) is 0 Å². The van der Waals surface area contributed by atoms with Crippen LogP contribution in [0, 0.1) is 0 Å². The molecule has 0 heterocycles. The minimum Gasteiger partial charge on any atom is -0.353 e. The van der Waals surface area contributed by atoms with Gasteiger partial charge in [-0.3, -0.25) is 4.79 Å². The van der Waals surface area contributed by atoms with Crippen LogP contribution in [-0.2, 0) is 4.79 Å². The van der Waals surface area contributed by atoms with Crippen LogP contribution in [0.2, 0.25) is 0 Å². The molecule has 0 saturated carbocycles. The molecule has 0 fully saturated rings. The highest BCUT2D eigenvalue weighted by Gasteiger charge is 2.29. The summed E-state index contributed by atoms with van der Waals surface area (Å²) < 4.78 is 0. The van der Waals surface area contributed by atoms with Gasteiger partial charge in [0.2, 0.25) is 5.91 Å². The van der Waals surface area contributed by atoms with Crippen molar-refractivity contribution in [2.24, 2.45) is 5.73 Å². The van der Waals surface area contributed by atoms with Crippen LogP contribution in [-0.4, -0.2) is 43.5 Å². The highest BCUT2D eigenvalue weighted by molar-refractivity contribution is 5.85. The third-order valence-electron chi connectivity index (χ3n) is 2.56. The molecule has 0 atom stereocenters. The van der Waals surface area contributed by atoms with E-state index >= 15 is 0 Å². The third kappa shape index (κ3) is 4.07. The highest BCUT2D eigenvalue weighted by Crippen LogP contribution is 2.10. The van der Waals surface area contributed by atoms with E-state index in [9.17, 15) is 4.79 Å². The first-order valence-corrected chi connectivity index (χ1v) is 5.18. The van der Waals surface area contributed by atoms with Crippen molar-refractivity contribution in [1.29, 1.82) is 0 Å². The van der Waals surface area contributed by atoms with E-state index in [-0.39, 0.29) is 5.91 Å². The predicted octanol–water partition coefficient (Wildman–Crippen LogP) is 0.182. The lowest BCUT2D eigenvalue weighted by atomic mass is 9.93. The van der Waals surface area contributed by atoms with Crippen LogP contribution in [0.5, 0.6) is 0 Å². The average molecular weight is 201 g/mol. The van der Waals surface area contributed by atoms with E-state index in [2.05, 4.69) is 5.32 Å². The van der Waals surface area contributed by atoms with Crippen LogP contribution >= 0.6 is 0 Å². The molecule has 0 aromatic rings. The summed E-state index contributed by atoms with van der Waals surface area (Å²) in [5.41, 5.74) is 5.24. The number of carbonyl (C=O) groups excluding carboxylic acids is 1. The van der Waals surface area contributed by atoms with Crippen LogP contribution in [0.1, 0.15) is 26.7 Å². The van der Waals surface area contributed by atoms with Crippen molar-refractivity contribution in [1.82, 2.24) is 10.2 Å². The normalized spacial score (nSPS) is 11.9. The predicted molar refractivity (Wildman–Crippen MR) is 59.1 cm³/mol. The van der Waals surface area contributed by atoms with E-state index in [0.29, 0.717) is 19.4 Å². The Morgan fingerprint density at radius 1 is 1.36 bits per heavy atom. The summed E-state index contributed by atoms with van der Waals surface area (Å²) in [6.45, 7) is 5.38. The van der Waals surface area contributed by atoms with Gasteiger partial charge in [0.15, 0.2) is 0 Å². The van der Waals surface area contributed by atoms with Crippen molar-refractivity contribution >= 4 is 5.91 Å². The number of likely N-dealkylation sites (N-methyl/N-ethyl adjacent to an activating group) is 1. The summed E-state index contributed by atoms with van der Waals surface area (Å²) in [6, 6.07) is 0. The number of nitrogens with zero attached hydrogens (tertiary/aromatic N) is 1. The lowest BCUT2D eigenvalue weighted by Gasteiger charge is -2.25. The molecule has 84 valence electrons. The molecule has 0 bridgehead atoms. The van der Waals surface area contributed by atoms with Gasteiger partial charge in [0.1, 0.15) is 0 Å². The lowest BCUT2D eigenvalue weighted by molar-refractivity contribution is -0.126. The SMILES string of the molecule is CCC(N)(CC)C(=O)NCCN(C)C. The van der Waals surface area contributed by atoms with E-state index in [1.165, 1.54) is 0 Å². The Balaban J connectivity index is 3.94. The van der Waals surface area contributed by atoms with Crippen molar-refractivity contribution in [2.45, 2.75) is 32.2 Å². The molecule has 4 heteroatoms. The molecule has 0 aliphatic rings. The Morgan fingerprint density at radius 3 is 2.21 bits per heavy atom. The Bertz CT molecular complexity index is 176. The van der Waals surface area contributed by atoms with E-state index < -0.39 is 5.54 Å². The lowest BCUT2D eigenvalue weighted by Crippen LogP contribution is -2.53. The molecule has 0 aromatic heterocycles. The maximum atomic E-state index is 11.7. The summed E-state index contributed by atoms with van der Waals surface area (Å²) in [4.78, 5) is 13.7. The molecule has 0 radical (unpaired) electrons. The fourth-order valence-corrected chi connectivity index (χ4v) is 1.14. The number of amides is 1. The topological polar surface area (TPSA) is 58.4 Å². The van der Waals surface area contributed by atoms with Crippen molar-refractivity contribution < 1.29 is 4.79 Å². The van der Waals surface area contributed by atoms with Gasteiger partial charge < -0.3 is 16.0 Å². The number of rotatable bonds is 6. The summed E-state index contributed by atoms with van der Waals surface area (Å²) in [7, 11) is 3.95. The monoisotopic (exact) mass is 201 g/mol. The van der Waals surface area contributed by atoms with Crippen LogP contribution in [0.4, 0.5) is 0 Å². The van der Waals surface area contributed by atoms with Crippen molar-refractivity contribution in [2.75, 3.05) is 27.2 Å². The second-order valence-corrected chi connectivity index (χ2v) is 3.92. The second kappa shape index (κ2) is 5.98. The molecular formula is C10H23N3O. The minimum atomic E-state index is -0.688. The quantitative estimate of drug-likeness (QED) is 0.644. The van der Waals surface area contributed by atoms with Gasteiger partial charge in [-0.2, -0.15) is 0 Å². The van der Waals surface area contributed by atoms with E-state index in [4.69, 9.17) is 5.73 Å². The number of nitrogens with one attached hydrogen (secondary N) is 1. The van der Waals surface area contributed by atoms with Gasteiger partial charge >= 0.3 is 0 Å². The van der Waals surface area contributed by atoms with E-state index in [1.807, 2.05) is 32.8 Å². The zero-order chi connectivity index (χ0) is 11.2. The molecule has 1 amide bonds. The molecule has 0 rings (SSSR count). The van der Waals surface area contributed by atoms with Gasteiger partial charge in [0.25, 0.3) is 0 Å². The van der Waals surface area contributed by atoms with Crippen molar-refractivity contribution in [3.05, 3.63) is 0 Å². The second-order valence-electron chi connectivity index (χ2n) is 3.92. The Labute approximate surface area is 86.8 Å². The number of nitrogens with two attached hydrogens (primary N) is 1. The molecule has 14 heavy (non-hydrogen) atoms. The fourth-order valence-electron chi connectivity index (χ4n) is 1.14. The maximum absolute atomic E-state index is 11.7. The first-order valence-electron chi connectivity index (χ1n) is 5.18. The average Bonchev–Trinajstić information content (AvgIpc) is 2.15. The van der Waals surface area contributed by atoms with Crippen LogP contribution in [0.3, 0.4) is 0 Å². The molecule has 0 aliphatic heterocycles. The molecule has 0 spiro atoms. The minimum absolute atomic E-state index is 0.0376. The molecule has 3 N–H and O–H groups in total. The van der Waals surface area contributed by atoms with Crippen LogP contribution < -0.4 is 11.1 Å². The third-order valence-corrected chi connectivity index (χ3v) is 2.56.